The van der Waals surface area contributed by atoms with Crippen molar-refractivity contribution in [2.75, 3.05) is 6.61 Å². The molecule has 0 aliphatic heterocycles. The molecule has 0 aliphatic carbocycles. The average molecular weight is 206 g/mol. The van der Waals surface area contributed by atoms with Crippen molar-refractivity contribution >= 4 is 10.9 Å². The van der Waals surface area contributed by atoms with E-state index in [-0.39, 0.29) is 12.4 Å². The minimum Gasteiger partial charge on any atom is -0.506 e. The zero-order chi connectivity index (χ0) is 10.8. The van der Waals surface area contributed by atoms with Crippen LogP contribution >= 0.6 is 0 Å². The first kappa shape index (κ1) is 9.98. The van der Waals surface area contributed by atoms with Crippen molar-refractivity contribution in [3.63, 3.8) is 0 Å². The highest BCUT2D eigenvalue weighted by Crippen LogP contribution is 2.26. The lowest BCUT2D eigenvalue weighted by atomic mass is 10.1. The van der Waals surface area contributed by atoms with Crippen LogP contribution in [0.5, 0.6) is 5.75 Å². The molecule has 1 aromatic heterocycles. The van der Waals surface area contributed by atoms with Crippen LogP contribution in [-0.4, -0.2) is 26.6 Å². The normalized spacial score (nSPS) is 11.1. The van der Waals surface area contributed by atoms with Crippen LogP contribution in [0.3, 0.4) is 0 Å². The maximum absolute atomic E-state index is 9.63. The number of nitrogens with zero attached hydrogens (tertiary/aromatic N) is 2. The number of aryl methyl sites for hydroxylation is 1. The molecule has 0 radical (unpaired) electrons. The summed E-state index contributed by atoms with van der Waals surface area (Å²) in [7, 11) is 0. The van der Waals surface area contributed by atoms with Gasteiger partial charge < -0.3 is 10.2 Å². The van der Waals surface area contributed by atoms with E-state index in [1.807, 2.05) is 17.7 Å². The first-order chi connectivity index (χ1) is 7.27. The third kappa shape index (κ3) is 1.57. The van der Waals surface area contributed by atoms with Gasteiger partial charge in [0.2, 0.25) is 0 Å². The second-order valence-corrected chi connectivity index (χ2v) is 3.41. The molecule has 80 valence electrons. The van der Waals surface area contributed by atoms with Gasteiger partial charge in [-0.1, -0.05) is 12.1 Å². The Balaban J connectivity index is 2.68. The van der Waals surface area contributed by atoms with Crippen molar-refractivity contribution in [1.29, 1.82) is 0 Å². The summed E-state index contributed by atoms with van der Waals surface area (Å²) < 4.78 is 1.82. The number of aromatic hydroxyl groups is 1. The van der Waals surface area contributed by atoms with Crippen molar-refractivity contribution in [3.8, 4) is 5.75 Å². The fourth-order valence-corrected chi connectivity index (χ4v) is 1.82. The lowest BCUT2D eigenvalue weighted by molar-refractivity contribution is 0.296. The minimum atomic E-state index is 0.0937. The van der Waals surface area contributed by atoms with E-state index < -0.39 is 0 Å². The molecule has 2 N–H and O–H groups in total. The summed E-state index contributed by atoms with van der Waals surface area (Å²) in [5, 5.41) is 23.8. The number of rotatable bonds is 3. The Morgan fingerprint density at radius 2 is 2.20 bits per heavy atom. The molecule has 2 aromatic rings. The summed E-state index contributed by atoms with van der Waals surface area (Å²) in [6, 6.07) is 5.33. The van der Waals surface area contributed by atoms with E-state index >= 15 is 0 Å². The standard InChI is InChI=1S/C11H14N2O2/c1-2-13-9(6-7-14)8-4-3-5-10(15)11(8)12-13/h3-5,14-15H,2,6-7H2,1H3. The molecule has 0 amide bonds. The van der Waals surface area contributed by atoms with E-state index in [1.54, 1.807) is 12.1 Å². The monoisotopic (exact) mass is 206 g/mol. The molecular formula is C11H14N2O2. The number of hydrogen-bond donors (Lipinski definition) is 2. The maximum Gasteiger partial charge on any atom is 0.143 e. The van der Waals surface area contributed by atoms with Crippen molar-refractivity contribution in [3.05, 3.63) is 23.9 Å². The molecule has 0 saturated carbocycles. The zero-order valence-electron chi connectivity index (χ0n) is 8.64. The first-order valence-electron chi connectivity index (χ1n) is 5.06. The van der Waals surface area contributed by atoms with E-state index in [0.29, 0.717) is 11.9 Å². The van der Waals surface area contributed by atoms with Gasteiger partial charge in [0, 0.05) is 30.7 Å². The van der Waals surface area contributed by atoms with Crippen LogP contribution in [-0.2, 0) is 13.0 Å². The van der Waals surface area contributed by atoms with E-state index in [2.05, 4.69) is 5.10 Å². The van der Waals surface area contributed by atoms with Crippen LogP contribution in [0, 0.1) is 0 Å². The smallest absolute Gasteiger partial charge is 0.143 e. The Labute approximate surface area is 87.8 Å². The van der Waals surface area contributed by atoms with E-state index in [1.165, 1.54) is 0 Å². The number of benzene rings is 1. The molecule has 2 rings (SSSR count). The highest BCUT2D eigenvalue weighted by Gasteiger charge is 2.11. The summed E-state index contributed by atoms with van der Waals surface area (Å²) in [5.41, 5.74) is 1.59. The Bertz CT molecular complexity index is 477. The van der Waals surface area contributed by atoms with Gasteiger partial charge in [0.1, 0.15) is 11.3 Å². The predicted octanol–water partition coefficient (Wildman–Crippen LogP) is 1.30. The van der Waals surface area contributed by atoms with Crippen molar-refractivity contribution in [2.24, 2.45) is 0 Å². The number of aliphatic hydroxyl groups excluding tert-OH is 1. The van der Waals surface area contributed by atoms with Crippen LogP contribution in [0.1, 0.15) is 12.6 Å². The van der Waals surface area contributed by atoms with Crippen LogP contribution < -0.4 is 0 Å². The molecule has 0 fully saturated rings. The second-order valence-electron chi connectivity index (χ2n) is 3.41. The highest BCUT2D eigenvalue weighted by atomic mass is 16.3. The first-order valence-corrected chi connectivity index (χ1v) is 5.06. The number of aromatic nitrogens is 2. The minimum absolute atomic E-state index is 0.0937. The number of fused-ring (bicyclic) bond motifs is 1. The van der Waals surface area contributed by atoms with Gasteiger partial charge in [0.25, 0.3) is 0 Å². The van der Waals surface area contributed by atoms with E-state index in [4.69, 9.17) is 5.11 Å². The molecule has 15 heavy (non-hydrogen) atoms. The average Bonchev–Trinajstić information content (AvgIpc) is 2.59. The highest BCUT2D eigenvalue weighted by molar-refractivity contribution is 5.86. The number of hydrogen-bond acceptors (Lipinski definition) is 3. The molecule has 4 heteroatoms. The Morgan fingerprint density at radius 3 is 2.87 bits per heavy atom. The molecule has 1 aromatic carbocycles. The van der Waals surface area contributed by atoms with Gasteiger partial charge in [-0.15, -0.1) is 0 Å². The van der Waals surface area contributed by atoms with Crippen LogP contribution in [0.2, 0.25) is 0 Å². The van der Waals surface area contributed by atoms with Crippen molar-refractivity contribution in [1.82, 2.24) is 9.78 Å². The van der Waals surface area contributed by atoms with Gasteiger partial charge in [-0.3, -0.25) is 4.68 Å². The Kier molecular flexibility index (Phi) is 2.60. The molecular weight excluding hydrogens is 192 g/mol. The lowest BCUT2D eigenvalue weighted by Crippen LogP contribution is -2.04. The molecule has 4 nitrogen and oxygen atoms in total. The molecule has 0 bridgehead atoms. The van der Waals surface area contributed by atoms with Gasteiger partial charge in [-0.05, 0) is 13.0 Å². The van der Waals surface area contributed by atoms with Gasteiger partial charge in [-0.2, -0.15) is 5.10 Å². The lowest BCUT2D eigenvalue weighted by Gasteiger charge is -2.02. The molecule has 0 unspecified atom stereocenters. The van der Waals surface area contributed by atoms with Crippen LogP contribution in [0.15, 0.2) is 18.2 Å². The molecule has 0 aliphatic rings. The van der Waals surface area contributed by atoms with E-state index in [9.17, 15) is 5.11 Å². The fraction of sp³-hybridized carbons (Fsp3) is 0.364. The summed E-state index contributed by atoms with van der Waals surface area (Å²) in [5.74, 6) is 0.193. The van der Waals surface area contributed by atoms with Crippen LogP contribution in [0.25, 0.3) is 10.9 Å². The Hall–Kier alpha value is -1.55. The van der Waals surface area contributed by atoms with Crippen LogP contribution in [0.4, 0.5) is 0 Å². The molecule has 0 spiro atoms. The second kappa shape index (κ2) is 3.90. The SMILES string of the molecule is CCn1nc2c(O)cccc2c1CCO. The summed E-state index contributed by atoms with van der Waals surface area (Å²) in [6.45, 7) is 2.82. The third-order valence-electron chi connectivity index (χ3n) is 2.51. The zero-order valence-corrected chi connectivity index (χ0v) is 8.64. The van der Waals surface area contributed by atoms with E-state index in [0.717, 1.165) is 17.6 Å². The molecule has 1 heterocycles. The summed E-state index contributed by atoms with van der Waals surface area (Å²) in [4.78, 5) is 0. The third-order valence-corrected chi connectivity index (χ3v) is 2.51. The summed E-state index contributed by atoms with van der Waals surface area (Å²) >= 11 is 0. The van der Waals surface area contributed by atoms with Gasteiger partial charge in [-0.25, -0.2) is 0 Å². The maximum atomic E-state index is 9.63. The van der Waals surface area contributed by atoms with Gasteiger partial charge in [0.15, 0.2) is 0 Å². The quantitative estimate of drug-likeness (QED) is 0.795. The molecule has 0 atom stereocenters. The van der Waals surface area contributed by atoms with Crippen molar-refractivity contribution in [2.45, 2.75) is 19.9 Å². The Morgan fingerprint density at radius 1 is 1.40 bits per heavy atom. The number of phenolic OH excluding ortho intramolecular Hbond substituents is 1. The van der Waals surface area contributed by atoms with Gasteiger partial charge >= 0.3 is 0 Å². The largest absolute Gasteiger partial charge is 0.506 e. The fourth-order valence-electron chi connectivity index (χ4n) is 1.82. The van der Waals surface area contributed by atoms with Gasteiger partial charge in [0.05, 0.1) is 0 Å². The summed E-state index contributed by atoms with van der Waals surface area (Å²) in [6.07, 6.45) is 0.563. The number of aliphatic hydroxyl groups is 1. The molecule has 0 saturated heterocycles. The topological polar surface area (TPSA) is 58.3 Å². The predicted molar refractivity (Wildman–Crippen MR) is 57.9 cm³/mol. The number of phenols is 1. The van der Waals surface area contributed by atoms with Crippen molar-refractivity contribution < 1.29 is 10.2 Å².